The molecule has 0 atom stereocenters. The van der Waals surface area contributed by atoms with Crippen LogP contribution in [0.5, 0.6) is 0 Å². The molecule has 128 valence electrons. The smallest absolute Gasteiger partial charge is 0.197 e. The lowest BCUT2D eigenvalue weighted by atomic mass is 10.4. The zero-order valence-electron chi connectivity index (χ0n) is 13.7. The van der Waals surface area contributed by atoms with Gasteiger partial charge in [0.25, 0.3) is 0 Å². The second kappa shape index (κ2) is 8.70. The van der Waals surface area contributed by atoms with Crippen molar-refractivity contribution in [1.82, 2.24) is 19.9 Å². The normalized spacial score (nSPS) is 11.4. The molecule has 0 saturated heterocycles. The molecule has 2 aromatic heterocycles. The van der Waals surface area contributed by atoms with Crippen LogP contribution in [-0.4, -0.2) is 46.0 Å². The Balaban J connectivity index is 2.13. The van der Waals surface area contributed by atoms with Crippen molar-refractivity contribution in [3.8, 4) is 0 Å². The first-order chi connectivity index (χ1) is 12.4. The Morgan fingerprint density at radius 2 is 1.48 bits per heavy atom. The Morgan fingerprint density at radius 3 is 2.00 bits per heavy atom. The Labute approximate surface area is 146 Å². The summed E-state index contributed by atoms with van der Waals surface area (Å²) in [4.78, 5) is 17.2. The molecule has 5 nitrogen and oxygen atoms in total. The van der Waals surface area contributed by atoms with E-state index in [1.165, 1.54) is 0 Å². The second-order valence-corrected chi connectivity index (χ2v) is 8.80. The highest BCUT2D eigenvalue weighted by molar-refractivity contribution is 7.95. The predicted octanol–water partition coefficient (Wildman–Crippen LogP) is 1.55. The molecule has 0 aliphatic heterocycles. The summed E-state index contributed by atoms with van der Waals surface area (Å²) < 4.78 is 17.9. The van der Waals surface area contributed by atoms with E-state index in [4.69, 9.17) is 4.74 Å². The van der Waals surface area contributed by atoms with E-state index in [9.17, 15) is 4.39 Å². The van der Waals surface area contributed by atoms with Crippen LogP contribution in [0.2, 0.25) is 0 Å². The number of halogens is 1. The van der Waals surface area contributed by atoms with E-state index in [0.29, 0.717) is 12.8 Å². The second-order valence-electron chi connectivity index (χ2n) is 5.31. The van der Waals surface area contributed by atoms with Gasteiger partial charge < -0.3 is 4.74 Å². The Bertz CT molecular complexity index is 665. The van der Waals surface area contributed by atoms with Gasteiger partial charge in [-0.1, -0.05) is 18.2 Å². The van der Waals surface area contributed by atoms with E-state index in [-0.39, 0.29) is 6.61 Å². The summed E-state index contributed by atoms with van der Waals surface area (Å²) in [5.74, 6) is 0. The summed E-state index contributed by atoms with van der Waals surface area (Å²) in [7, 11) is -2.14. The Hall–Kier alpha value is -2.30. The summed E-state index contributed by atoms with van der Waals surface area (Å²) in [6.07, 6.45) is 7.27. The predicted molar refractivity (Wildman–Crippen MR) is 98.0 cm³/mol. The zero-order valence-corrected chi connectivity index (χ0v) is 14.6. The first-order valence-corrected chi connectivity index (χ1v) is 9.96. The average Bonchev–Trinajstić information content (AvgIpc) is 2.70. The van der Waals surface area contributed by atoms with Crippen LogP contribution in [0.15, 0.2) is 67.5 Å². The van der Waals surface area contributed by atoms with Crippen LogP contribution >= 0.6 is 7.26 Å². The third kappa shape index (κ3) is 3.86. The molecule has 0 radical (unpaired) electrons. The molecule has 3 aromatic rings. The highest BCUT2D eigenvalue weighted by Crippen LogP contribution is 2.53. The minimum absolute atomic E-state index is 0.0995. The fraction of sp³-hybridized carbons (Fsp3) is 0.222. The maximum absolute atomic E-state index is 12.4. The number of rotatable bonds is 8. The largest absolute Gasteiger partial charge is 0.375 e. The number of benzene rings is 1. The van der Waals surface area contributed by atoms with Crippen molar-refractivity contribution in [2.24, 2.45) is 0 Å². The van der Waals surface area contributed by atoms with Gasteiger partial charge in [0.15, 0.2) is 18.1 Å². The zero-order chi connectivity index (χ0) is 17.4. The summed E-state index contributed by atoms with van der Waals surface area (Å²) in [5.41, 5.74) is 1.85. The number of aromatic nitrogens is 4. The van der Waals surface area contributed by atoms with Crippen molar-refractivity contribution in [1.29, 1.82) is 0 Å². The first-order valence-electron chi connectivity index (χ1n) is 7.98. The van der Waals surface area contributed by atoms with Gasteiger partial charge in [0.05, 0.1) is 13.2 Å². The van der Waals surface area contributed by atoms with E-state index < -0.39 is 13.9 Å². The van der Waals surface area contributed by atoms with Gasteiger partial charge in [-0.05, 0) is 12.1 Å². The van der Waals surface area contributed by atoms with Gasteiger partial charge in [-0.25, -0.2) is 24.3 Å². The highest BCUT2D eigenvalue weighted by Gasteiger charge is 2.48. The summed E-state index contributed by atoms with van der Waals surface area (Å²) in [6.45, 7) is 0.0424. The molecule has 0 unspecified atom stereocenters. The van der Waals surface area contributed by atoms with Gasteiger partial charge in [0, 0.05) is 24.5 Å². The van der Waals surface area contributed by atoms with Crippen molar-refractivity contribution >= 4 is 23.4 Å². The van der Waals surface area contributed by atoms with E-state index in [1.54, 1.807) is 25.0 Å². The molecular weight excluding hydrogens is 337 g/mol. The summed E-state index contributed by atoms with van der Waals surface area (Å²) in [6, 6.07) is 14.0. The van der Waals surface area contributed by atoms with Crippen molar-refractivity contribution in [2.45, 2.75) is 0 Å². The molecule has 0 amide bonds. The molecule has 0 fully saturated rings. The van der Waals surface area contributed by atoms with Crippen LogP contribution in [-0.2, 0) is 4.74 Å². The van der Waals surface area contributed by atoms with Crippen molar-refractivity contribution in [2.75, 3.05) is 26.1 Å². The lowest BCUT2D eigenvalue weighted by molar-refractivity contribution is 0.132. The Kier molecular flexibility index (Phi) is 6.09. The van der Waals surface area contributed by atoms with Gasteiger partial charge in [-0.3, -0.25) is 0 Å². The molecular formula is C18H19FN4OP+. The molecule has 0 N–H and O–H groups in total. The molecule has 1 aromatic carbocycles. The van der Waals surface area contributed by atoms with Crippen molar-refractivity contribution in [3.05, 3.63) is 67.5 Å². The van der Waals surface area contributed by atoms with E-state index in [1.807, 2.05) is 30.3 Å². The molecule has 2 heterocycles. The average molecular weight is 356 g/mol. The molecule has 0 aliphatic carbocycles. The Morgan fingerprint density at radius 1 is 0.840 bits per heavy atom. The highest BCUT2D eigenvalue weighted by atomic mass is 31.2. The van der Waals surface area contributed by atoms with Gasteiger partial charge >= 0.3 is 0 Å². The number of hydrogen-bond acceptors (Lipinski definition) is 5. The minimum atomic E-state index is -2.14. The SMILES string of the molecule is [18F]CCOCC[P+](c1ccccc1)(c1ccncn1)c1ccncn1. The summed E-state index contributed by atoms with van der Waals surface area (Å²) in [5, 5.41) is 1.15. The van der Waals surface area contributed by atoms with Crippen LogP contribution in [0.1, 0.15) is 0 Å². The number of hydrogen-bond donors (Lipinski definition) is 0. The number of nitrogens with zero attached hydrogens (tertiary/aromatic N) is 4. The topological polar surface area (TPSA) is 60.8 Å². The van der Waals surface area contributed by atoms with E-state index in [0.717, 1.165) is 16.2 Å². The molecule has 25 heavy (non-hydrogen) atoms. The van der Waals surface area contributed by atoms with Crippen LogP contribution in [0, 0.1) is 0 Å². The standard InChI is InChI=1S/C18H19FN4OP/c19-8-11-24-12-13-25(16-4-2-1-3-5-16,17-6-9-20-14-22-17)18-7-10-21-15-23-18/h1-7,9-10,14-15H,8,11-13H2/q+1/i19-1. The molecule has 0 spiro atoms. The quantitative estimate of drug-likeness (QED) is 0.453. The van der Waals surface area contributed by atoms with Gasteiger partial charge in [0.1, 0.15) is 30.8 Å². The molecule has 3 rings (SSSR count). The van der Waals surface area contributed by atoms with Gasteiger partial charge in [0.2, 0.25) is 0 Å². The molecule has 0 aliphatic rings. The number of ether oxygens (including phenoxy) is 1. The van der Waals surface area contributed by atoms with Gasteiger partial charge in [-0.2, -0.15) is 0 Å². The fourth-order valence-electron chi connectivity index (χ4n) is 2.80. The van der Waals surface area contributed by atoms with E-state index >= 15 is 0 Å². The van der Waals surface area contributed by atoms with Crippen LogP contribution in [0.3, 0.4) is 0 Å². The van der Waals surface area contributed by atoms with Crippen molar-refractivity contribution in [3.63, 3.8) is 0 Å². The van der Waals surface area contributed by atoms with Crippen LogP contribution in [0.25, 0.3) is 0 Å². The third-order valence-electron chi connectivity index (χ3n) is 3.90. The van der Waals surface area contributed by atoms with Gasteiger partial charge in [-0.15, -0.1) is 0 Å². The monoisotopic (exact) mass is 356 g/mol. The van der Waals surface area contributed by atoms with Crippen molar-refractivity contribution < 1.29 is 9.13 Å². The molecule has 0 bridgehead atoms. The third-order valence-corrected chi connectivity index (χ3v) is 8.03. The molecule has 7 heteroatoms. The van der Waals surface area contributed by atoms with Crippen LogP contribution in [0.4, 0.5) is 4.39 Å². The molecule has 0 saturated carbocycles. The van der Waals surface area contributed by atoms with E-state index in [2.05, 4.69) is 32.1 Å². The lowest BCUT2D eigenvalue weighted by Gasteiger charge is -2.24. The minimum Gasteiger partial charge on any atom is -0.375 e. The fourth-order valence-corrected chi connectivity index (χ4v) is 6.50. The maximum Gasteiger partial charge on any atom is 0.197 e. The number of alkyl halides is 1. The summed E-state index contributed by atoms with van der Waals surface area (Å²) >= 11 is 0. The lowest BCUT2D eigenvalue weighted by Crippen LogP contribution is -2.37. The van der Waals surface area contributed by atoms with Crippen LogP contribution < -0.4 is 16.2 Å². The maximum atomic E-state index is 12.4. The first kappa shape index (κ1) is 17.5.